The summed E-state index contributed by atoms with van der Waals surface area (Å²) in [4.78, 5) is 3.89. The zero-order valence-corrected chi connectivity index (χ0v) is 10.4. The van der Waals surface area contributed by atoms with Gasteiger partial charge in [-0.3, -0.25) is 0 Å². The molecule has 0 fully saturated rings. The van der Waals surface area contributed by atoms with E-state index in [2.05, 4.69) is 4.98 Å². The first-order valence-corrected chi connectivity index (χ1v) is 5.50. The van der Waals surface area contributed by atoms with E-state index in [9.17, 15) is 0 Å². The summed E-state index contributed by atoms with van der Waals surface area (Å²) < 4.78 is 10.9. The molecule has 0 bridgehead atoms. The molecule has 0 atom stereocenters. The molecule has 0 spiro atoms. The molecule has 0 saturated heterocycles. The van der Waals surface area contributed by atoms with Crippen molar-refractivity contribution in [1.29, 1.82) is 0 Å². The van der Waals surface area contributed by atoms with Gasteiger partial charge in [-0.15, -0.1) is 0 Å². The highest BCUT2D eigenvalue weighted by Gasteiger charge is 2.02. The standard InChI is InChI=1S/C13H12ClNO2/c1-9-5-11(16-2)7-12(6-9)17-10-3-4-15-13(14)8-10/h3-8H,1-2H3. The van der Waals surface area contributed by atoms with Crippen LogP contribution in [0.25, 0.3) is 0 Å². The molecule has 0 saturated carbocycles. The Morgan fingerprint density at radius 1 is 1.06 bits per heavy atom. The molecule has 0 aliphatic rings. The largest absolute Gasteiger partial charge is 0.497 e. The van der Waals surface area contributed by atoms with Gasteiger partial charge in [-0.1, -0.05) is 11.6 Å². The summed E-state index contributed by atoms with van der Waals surface area (Å²) in [5.74, 6) is 2.13. The highest BCUT2D eigenvalue weighted by molar-refractivity contribution is 6.29. The Labute approximate surface area is 105 Å². The average Bonchev–Trinajstić information content (AvgIpc) is 2.28. The first-order chi connectivity index (χ1) is 8.17. The smallest absolute Gasteiger partial charge is 0.132 e. The topological polar surface area (TPSA) is 31.4 Å². The van der Waals surface area contributed by atoms with Crippen LogP contribution in [-0.2, 0) is 0 Å². The summed E-state index contributed by atoms with van der Waals surface area (Å²) in [6, 6.07) is 9.10. The fourth-order valence-corrected chi connectivity index (χ4v) is 1.64. The van der Waals surface area contributed by atoms with E-state index >= 15 is 0 Å². The number of aryl methyl sites for hydroxylation is 1. The molecule has 0 aliphatic heterocycles. The van der Waals surface area contributed by atoms with E-state index in [-0.39, 0.29) is 0 Å². The number of halogens is 1. The maximum absolute atomic E-state index is 5.79. The molecule has 0 amide bonds. The fourth-order valence-electron chi connectivity index (χ4n) is 1.48. The van der Waals surface area contributed by atoms with Crippen LogP contribution < -0.4 is 9.47 Å². The number of benzene rings is 1. The fraction of sp³-hybridized carbons (Fsp3) is 0.154. The molecule has 0 aliphatic carbocycles. The zero-order valence-electron chi connectivity index (χ0n) is 9.61. The van der Waals surface area contributed by atoms with Crippen LogP contribution in [0.15, 0.2) is 36.5 Å². The van der Waals surface area contributed by atoms with Crippen LogP contribution in [0.2, 0.25) is 5.15 Å². The van der Waals surface area contributed by atoms with E-state index < -0.39 is 0 Å². The Bertz CT molecular complexity index is 529. The van der Waals surface area contributed by atoms with Gasteiger partial charge < -0.3 is 9.47 Å². The maximum atomic E-state index is 5.79. The predicted octanol–water partition coefficient (Wildman–Crippen LogP) is 3.84. The van der Waals surface area contributed by atoms with Crippen LogP contribution in [0.1, 0.15) is 5.56 Å². The molecule has 88 valence electrons. The molecule has 2 rings (SSSR count). The first kappa shape index (κ1) is 11.7. The Kier molecular flexibility index (Phi) is 3.49. The van der Waals surface area contributed by atoms with Crippen LogP contribution in [0, 0.1) is 6.92 Å². The molecular formula is C13H12ClNO2. The normalized spacial score (nSPS) is 10.1. The van der Waals surface area contributed by atoms with E-state index in [0.717, 1.165) is 11.3 Å². The van der Waals surface area contributed by atoms with Crippen molar-refractivity contribution in [2.45, 2.75) is 6.92 Å². The van der Waals surface area contributed by atoms with Gasteiger partial charge in [0.1, 0.15) is 22.4 Å². The molecule has 0 N–H and O–H groups in total. The molecule has 1 aromatic heterocycles. The highest BCUT2D eigenvalue weighted by atomic mass is 35.5. The molecule has 2 aromatic rings. The Hall–Kier alpha value is -1.74. The number of hydrogen-bond donors (Lipinski definition) is 0. The summed E-state index contributed by atoms with van der Waals surface area (Å²) in [7, 11) is 1.63. The van der Waals surface area contributed by atoms with Crippen molar-refractivity contribution in [3.8, 4) is 17.2 Å². The lowest BCUT2D eigenvalue weighted by atomic mass is 10.2. The molecule has 0 unspecified atom stereocenters. The molecule has 4 heteroatoms. The zero-order chi connectivity index (χ0) is 12.3. The Morgan fingerprint density at radius 2 is 1.82 bits per heavy atom. The number of rotatable bonds is 3. The van der Waals surface area contributed by atoms with Gasteiger partial charge in [0.05, 0.1) is 7.11 Å². The minimum Gasteiger partial charge on any atom is -0.497 e. The molecule has 3 nitrogen and oxygen atoms in total. The van der Waals surface area contributed by atoms with Gasteiger partial charge in [-0.05, 0) is 30.7 Å². The number of methoxy groups -OCH3 is 1. The lowest BCUT2D eigenvalue weighted by Crippen LogP contribution is -1.89. The minimum absolute atomic E-state index is 0.405. The van der Waals surface area contributed by atoms with Crippen LogP contribution in [0.5, 0.6) is 17.2 Å². The van der Waals surface area contributed by atoms with Gasteiger partial charge in [-0.2, -0.15) is 0 Å². The lowest BCUT2D eigenvalue weighted by Gasteiger charge is -2.08. The minimum atomic E-state index is 0.405. The maximum Gasteiger partial charge on any atom is 0.132 e. The molecule has 1 aromatic carbocycles. The summed E-state index contributed by atoms with van der Waals surface area (Å²) in [6.07, 6.45) is 1.60. The van der Waals surface area contributed by atoms with Crippen molar-refractivity contribution < 1.29 is 9.47 Å². The number of pyridine rings is 1. The van der Waals surface area contributed by atoms with Crippen molar-refractivity contribution in [2.24, 2.45) is 0 Å². The van der Waals surface area contributed by atoms with Crippen molar-refractivity contribution in [3.05, 3.63) is 47.2 Å². The van der Waals surface area contributed by atoms with Crippen LogP contribution in [0.3, 0.4) is 0 Å². The molecule has 0 radical (unpaired) electrons. The highest BCUT2D eigenvalue weighted by Crippen LogP contribution is 2.27. The number of aromatic nitrogens is 1. The quantitative estimate of drug-likeness (QED) is 0.775. The monoisotopic (exact) mass is 249 g/mol. The number of hydrogen-bond acceptors (Lipinski definition) is 3. The van der Waals surface area contributed by atoms with Crippen molar-refractivity contribution in [2.75, 3.05) is 7.11 Å². The Balaban J connectivity index is 2.26. The second-order valence-electron chi connectivity index (χ2n) is 3.60. The number of nitrogens with zero attached hydrogens (tertiary/aromatic N) is 1. The molecule has 1 heterocycles. The van der Waals surface area contributed by atoms with E-state index in [0.29, 0.717) is 16.7 Å². The SMILES string of the molecule is COc1cc(C)cc(Oc2ccnc(Cl)c2)c1. The van der Waals surface area contributed by atoms with Gasteiger partial charge in [0.25, 0.3) is 0 Å². The summed E-state index contributed by atoms with van der Waals surface area (Å²) in [5.41, 5.74) is 1.07. The second-order valence-corrected chi connectivity index (χ2v) is 3.99. The second kappa shape index (κ2) is 5.06. The number of ether oxygens (including phenoxy) is 2. The third-order valence-corrected chi connectivity index (χ3v) is 2.40. The lowest BCUT2D eigenvalue weighted by molar-refractivity contribution is 0.408. The van der Waals surface area contributed by atoms with E-state index in [1.807, 2.05) is 25.1 Å². The van der Waals surface area contributed by atoms with Crippen molar-refractivity contribution >= 4 is 11.6 Å². The van der Waals surface area contributed by atoms with Gasteiger partial charge in [0.15, 0.2) is 0 Å². The van der Waals surface area contributed by atoms with Gasteiger partial charge >= 0.3 is 0 Å². The molecule has 17 heavy (non-hydrogen) atoms. The van der Waals surface area contributed by atoms with Gasteiger partial charge in [0.2, 0.25) is 0 Å². The Morgan fingerprint density at radius 3 is 2.53 bits per heavy atom. The van der Waals surface area contributed by atoms with Crippen LogP contribution in [-0.4, -0.2) is 12.1 Å². The average molecular weight is 250 g/mol. The molecular weight excluding hydrogens is 238 g/mol. The summed E-state index contributed by atoms with van der Waals surface area (Å²) in [6.45, 7) is 1.98. The van der Waals surface area contributed by atoms with Gasteiger partial charge in [0, 0.05) is 18.3 Å². The van der Waals surface area contributed by atoms with Crippen LogP contribution >= 0.6 is 11.6 Å². The van der Waals surface area contributed by atoms with Crippen molar-refractivity contribution in [1.82, 2.24) is 4.98 Å². The van der Waals surface area contributed by atoms with Crippen molar-refractivity contribution in [3.63, 3.8) is 0 Å². The first-order valence-electron chi connectivity index (χ1n) is 5.12. The third-order valence-electron chi connectivity index (χ3n) is 2.19. The van der Waals surface area contributed by atoms with Crippen LogP contribution in [0.4, 0.5) is 0 Å². The van der Waals surface area contributed by atoms with E-state index in [1.165, 1.54) is 0 Å². The van der Waals surface area contributed by atoms with E-state index in [4.69, 9.17) is 21.1 Å². The van der Waals surface area contributed by atoms with Gasteiger partial charge in [-0.25, -0.2) is 4.98 Å². The summed E-state index contributed by atoms with van der Waals surface area (Å²) in [5, 5.41) is 0.405. The predicted molar refractivity (Wildman–Crippen MR) is 67.1 cm³/mol. The third kappa shape index (κ3) is 3.11. The summed E-state index contributed by atoms with van der Waals surface area (Å²) >= 11 is 5.79. The van der Waals surface area contributed by atoms with E-state index in [1.54, 1.807) is 25.4 Å².